The van der Waals surface area contributed by atoms with Crippen LogP contribution in [0, 0.1) is 17.7 Å². The maximum Gasteiger partial charge on any atom is 0.253 e. The maximum absolute atomic E-state index is 13.1. The molecule has 2 saturated heterocycles. The Morgan fingerprint density at radius 1 is 1.10 bits per heavy atom. The van der Waals surface area contributed by atoms with Gasteiger partial charge in [0.05, 0.1) is 13.2 Å². The van der Waals surface area contributed by atoms with E-state index in [-0.39, 0.29) is 23.5 Å². The second kappa shape index (κ2) is 10.9. The lowest BCUT2D eigenvalue weighted by Gasteiger charge is -2.36. The van der Waals surface area contributed by atoms with Crippen LogP contribution in [0.15, 0.2) is 24.3 Å². The lowest BCUT2D eigenvalue weighted by atomic mass is 9.95. The molecule has 0 bridgehead atoms. The molecule has 2 aliphatic rings. The molecule has 0 aliphatic carbocycles. The van der Waals surface area contributed by atoms with Crippen LogP contribution in [-0.4, -0.2) is 73.6 Å². The van der Waals surface area contributed by atoms with Crippen molar-refractivity contribution in [2.24, 2.45) is 11.8 Å². The fourth-order valence-electron chi connectivity index (χ4n) is 4.33. The SMILES string of the molecule is CC(C)CC(CNC(=O)C1CCN(C(=O)c2ccc(F)cc2)CC1)N1CCOCC1. The van der Waals surface area contributed by atoms with Gasteiger partial charge >= 0.3 is 0 Å². The average molecular weight is 420 g/mol. The molecule has 0 radical (unpaired) electrons. The van der Waals surface area contributed by atoms with E-state index >= 15 is 0 Å². The first-order chi connectivity index (χ1) is 14.4. The van der Waals surface area contributed by atoms with Crippen LogP contribution in [0.1, 0.15) is 43.5 Å². The van der Waals surface area contributed by atoms with Gasteiger partial charge in [0.25, 0.3) is 5.91 Å². The quantitative estimate of drug-likeness (QED) is 0.738. The monoisotopic (exact) mass is 419 g/mol. The van der Waals surface area contributed by atoms with Gasteiger partial charge in [-0.25, -0.2) is 4.39 Å². The van der Waals surface area contributed by atoms with Crippen molar-refractivity contribution in [3.05, 3.63) is 35.6 Å². The zero-order valence-electron chi connectivity index (χ0n) is 18.1. The molecule has 0 saturated carbocycles. The van der Waals surface area contributed by atoms with Crippen molar-refractivity contribution in [1.82, 2.24) is 15.1 Å². The summed E-state index contributed by atoms with van der Waals surface area (Å²) >= 11 is 0. The van der Waals surface area contributed by atoms with Crippen molar-refractivity contribution in [3.8, 4) is 0 Å². The third kappa shape index (κ3) is 6.25. The van der Waals surface area contributed by atoms with Gasteiger partial charge in [0.15, 0.2) is 0 Å². The van der Waals surface area contributed by atoms with Crippen molar-refractivity contribution < 1.29 is 18.7 Å². The van der Waals surface area contributed by atoms with E-state index in [0.717, 1.165) is 32.7 Å². The second-order valence-corrected chi connectivity index (χ2v) is 8.75. The largest absolute Gasteiger partial charge is 0.379 e. The first-order valence-electron chi connectivity index (χ1n) is 11.1. The maximum atomic E-state index is 13.1. The summed E-state index contributed by atoms with van der Waals surface area (Å²) < 4.78 is 18.5. The summed E-state index contributed by atoms with van der Waals surface area (Å²) in [6.07, 6.45) is 2.36. The molecular weight excluding hydrogens is 385 g/mol. The molecule has 2 aliphatic heterocycles. The van der Waals surface area contributed by atoms with Crippen LogP contribution in [0.5, 0.6) is 0 Å². The molecule has 6 nitrogen and oxygen atoms in total. The van der Waals surface area contributed by atoms with Gasteiger partial charge < -0.3 is 15.0 Å². The number of halogens is 1. The molecule has 2 amide bonds. The highest BCUT2D eigenvalue weighted by molar-refractivity contribution is 5.94. The number of likely N-dealkylation sites (tertiary alicyclic amines) is 1. The minimum absolute atomic E-state index is 0.0633. The molecule has 30 heavy (non-hydrogen) atoms. The van der Waals surface area contributed by atoms with E-state index in [1.54, 1.807) is 4.90 Å². The van der Waals surface area contributed by atoms with Crippen molar-refractivity contribution in [3.63, 3.8) is 0 Å². The molecule has 1 N–H and O–H groups in total. The molecule has 1 atom stereocenters. The number of carbonyl (C=O) groups excluding carboxylic acids is 2. The highest BCUT2D eigenvalue weighted by Gasteiger charge is 2.29. The molecule has 3 rings (SSSR count). The summed E-state index contributed by atoms with van der Waals surface area (Å²) in [5, 5.41) is 3.17. The summed E-state index contributed by atoms with van der Waals surface area (Å²) in [6.45, 7) is 9.51. The standard InChI is InChI=1S/C23H34FN3O3/c1-17(2)15-21(26-11-13-30-14-12-26)16-25-22(28)18-7-9-27(10-8-18)23(29)19-3-5-20(24)6-4-19/h3-6,17-18,21H,7-16H2,1-2H3,(H,25,28). The van der Waals surface area contributed by atoms with Crippen LogP contribution < -0.4 is 5.32 Å². The van der Waals surface area contributed by atoms with Crippen LogP contribution in [0.4, 0.5) is 4.39 Å². The van der Waals surface area contributed by atoms with Crippen LogP contribution in [0.3, 0.4) is 0 Å². The number of ether oxygens (including phenoxy) is 1. The van der Waals surface area contributed by atoms with E-state index < -0.39 is 0 Å². The molecule has 1 aromatic carbocycles. The molecule has 0 spiro atoms. The van der Waals surface area contributed by atoms with E-state index in [0.29, 0.717) is 50.0 Å². The molecule has 166 valence electrons. The molecule has 0 aromatic heterocycles. The average Bonchev–Trinajstić information content (AvgIpc) is 2.77. The van der Waals surface area contributed by atoms with Crippen LogP contribution in [-0.2, 0) is 9.53 Å². The number of benzene rings is 1. The predicted molar refractivity (Wildman–Crippen MR) is 114 cm³/mol. The Labute approximate surface area is 178 Å². The number of morpholine rings is 1. The van der Waals surface area contributed by atoms with Crippen LogP contribution in [0.2, 0.25) is 0 Å². The first kappa shape index (κ1) is 22.7. The Morgan fingerprint density at radius 3 is 2.33 bits per heavy atom. The van der Waals surface area contributed by atoms with Gasteiger partial charge in [-0.3, -0.25) is 14.5 Å². The summed E-state index contributed by atoms with van der Waals surface area (Å²) in [6, 6.07) is 5.96. The highest BCUT2D eigenvalue weighted by atomic mass is 19.1. The number of hydrogen-bond acceptors (Lipinski definition) is 4. The van der Waals surface area contributed by atoms with Crippen molar-refractivity contribution in [2.45, 2.75) is 39.2 Å². The van der Waals surface area contributed by atoms with Gasteiger partial charge in [-0.2, -0.15) is 0 Å². The number of nitrogens with zero attached hydrogens (tertiary/aromatic N) is 2. The van der Waals surface area contributed by atoms with E-state index in [1.165, 1.54) is 24.3 Å². The van der Waals surface area contributed by atoms with Crippen molar-refractivity contribution in [2.75, 3.05) is 45.9 Å². The predicted octanol–water partition coefficient (Wildman–Crippen LogP) is 2.54. The fraction of sp³-hybridized carbons (Fsp3) is 0.652. The van der Waals surface area contributed by atoms with Crippen LogP contribution in [0.25, 0.3) is 0 Å². The summed E-state index contributed by atoms with van der Waals surface area (Å²) in [5.41, 5.74) is 0.487. The van der Waals surface area contributed by atoms with E-state index in [2.05, 4.69) is 24.1 Å². The Hall–Kier alpha value is -1.99. The smallest absolute Gasteiger partial charge is 0.253 e. The molecule has 2 fully saturated rings. The minimum Gasteiger partial charge on any atom is -0.379 e. The number of nitrogens with one attached hydrogen (secondary N) is 1. The zero-order chi connectivity index (χ0) is 21.5. The first-order valence-corrected chi connectivity index (χ1v) is 11.1. The number of rotatable bonds is 7. The van der Waals surface area contributed by atoms with Crippen LogP contribution >= 0.6 is 0 Å². The lowest BCUT2D eigenvalue weighted by molar-refractivity contribution is -0.126. The number of piperidine rings is 1. The molecule has 7 heteroatoms. The van der Waals surface area contributed by atoms with Gasteiger partial charge in [-0.15, -0.1) is 0 Å². The topological polar surface area (TPSA) is 61.9 Å². The van der Waals surface area contributed by atoms with Crippen molar-refractivity contribution >= 4 is 11.8 Å². The van der Waals surface area contributed by atoms with Gasteiger partial charge in [0.1, 0.15) is 5.82 Å². The zero-order valence-corrected chi connectivity index (χ0v) is 18.1. The fourth-order valence-corrected chi connectivity index (χ4v) is 4.33. The van der Waals surface area contributed by atoms with Crippen molar-refractivity contribution in [1.29, 1.82) is 0 Å². The van der Waals surface area contributed by atoms with Gasteiger partial charge in [-0.1, -0.05) is 13.8 Å². The minimum atomic E-state index is -0.352. The summed E-state index contributed by atoms with van der Waals surface area (Å²) in [7, 11) is 0. The summed E-state index contributed by atoms with van der Waals surface area (Å²) in [4.78, 5) is 29.5. The molecule has 2 heterocycles. The Balaban J connectivity index is 1.47. The highest BCUT2D eigenvalue weighted by Crippen LogP contribution is 2.20. The normalized spacial score (nSPS) is 19.7. The lowest BCUT2D eigenvalue weighted by Crippen LogP contribution is -2.50. The third-order valence-corrected chi connectivity index (χ3v) is 6.06. The van der Waals surface area contributed by atoms with Gasteiger partial charge in [0, 0.05) is 50.2 Å². The van der Waals surface area contributed by atoms with Gasteiger partial charge in [0.2, 0.25) is 5.91 Å². The number of amides is 2. The summed E-state index contributed by atoms with van der Waals surface area (Å²) in [5.74, 6) is 0.140. The molecule has 1 aromatic rings. The Bertz CT molecular complexity index is 696. The molecule has 1 unspecified atom stereocenters. The van der Waals surface area contributed by atoms with E-state index in [1.807, 2.05) is 0 Å². The van der Waals surface area contributed by atoms with Gasteiger partial charge in [-0.05, 0) is 49.4 Å². The Kier molecular flexibility index (Phi) is 8.22. The van der Waals surface area contributed by atoms with E-state index in [9.17, 15) is 14.0 Å². The second-order valence-electron chi connectivity index (χ2n) is 8.75. The van der Waals surface area contributed by atoms with E-state index in [4.69, 9.17) is 4.74 Å². The Morgan fingerprint density at radius 2 is 1.73 bits per heavy atom. The number of carbonyl (C=O) groups is 2. The third-order valence-electron chi connectivity index (χ3n) is 6.06. The molecular formula is C23H34FN3O3. The number of hydrogen-bond donors (Lipinski definition) is 1.